The summed E-state index contributed by atoms with van der Waals surface area (Å²) in [5.41, 5.74) is 4.64. The van der Waals surface area contributed by atoms with Gasteiger partial charge >= 0.3 is 5.97 Å². The molecule has 72 valence electrons. The molecule has 1 aromatic heterocycles. The van der Waals surface area contributed by atoms with Crippen LogP contribution in [0.15, 0.2) is 15.1 Å². The molecule has 0 aliphatic carbocycles. The Hall–Kier alpha value is -0.330. The molecule has 0 saturated carbocycles. The zero-order valence-electron chi connectivity index (χ0n) is 6.77. The number of nitrogens with two attached hydrogens (primary N) is 1. The number of rotatable bonds is 2. The molecule has 0 saturated heterocycles. The van der Waals surface area contributed by atoms with E-state index in [1.165, 1.54) is 6.92 Å². The lowest BCUT2D eigenvalue weighted by Gasteiger charge is -2.16. The molecule has 0 aliphatic heterocycles. The zero-order valence-corrected chi connectivity index (χ0v) is 9.94. The quantitative estimate of drug-likeness (QED) is 0.779. The third-order valence-electron chi connectivity index (χ3n) is 1.73. The minimum Gasteiger partial charge on any atom is -0.480 e. The van der Waals surface area contributed by atoms with Gasteiger partial charge in [0.2, 0.25) is 0 Å². The minimum absolute atomic E-state index is 0.443. The highest BCUT2D eigenvalue weighted by Crippen LogP contribution is 2.27. The molecule has 1 heterocycles. The Balaban J connectivity index is 3.15. The minimum atomic E-state index is -1.39. The summed E-state index contributed by atoms with van der Waals surface area (Å²) in [6.45, 7) is 1.43. The average Bonchev–Trinajstić information content (AvgIpc) is 2.32. The molecule has 1 rings (SSSR count). The summed E-state index contributed by atoms with van der Waals surface area (Å²) in [5.74, 6) is -1.08. The number of hydrogen-bond donors (Lipinski definition) is 3. The first-order chi connectivity index (χ1) is 5.85. The Morgan fingerprint density at radius 1 is 1.69 bits per heavy atom. The van der Waals surface area contributed by atoms with Gasteiger partial charge in [-0.05, 0) is 44.8 Å². The van der Waals surface area contributed by atoms with Crippen LogP contribution in [0.2, 0.25) is 0 Å². The molecule has 0 bridgehead atoms. The Morgan fingerprint density at radius 3 is 2.54 bits per heavy atom. The van der Waals surface area contributed by atoms with Gasteiger partial charge < -0.3 is 15.8 Å². The number of aromatic amines is 1. The second-order valence-electron chi connectivity index (χ2n) is 2.85. The van der Waals surface area contributed by atoms with Crippen molar-refractivity contribution in [3.8, 4) is 0 Å². The molecule has 0 spiro atoms. The van der Waals surface area contributed by atoms with Crippen LogP contribution >= 0.6 is 31.9 Å². The molecule has 4 N–H and O–H groups in total. The topological polar surface area (TPSA) is 79.1 Å². The Kier molecular flexibility index (Phi) is 2.84. The van der Waals surface area contributed by atoms with Gasteiger partial charge in [-0.1, -0.05) is 0 Å². The van der Waals surface area contributed by atoms with Crippen molar-refractivity contribution >= 4 is 37.8 Å². The maximum absolute atomic E-state index is 10.8. The summed E-state index contributed by atoms with van der Waals surface area (Å²) < 4.78 is 1.43. The summed E-state index contributed by atoms with van der Waals surface area (Å²) in [6, 6.07) is 1.64. The van der Waals surface area contributed by atoms with Gasteiger partial charge in [0, 0.05) is 5.69 Å². The standard InChI is InChI=1S/C7H8Br2N2O2/c1-7(10,6(12)13)4-2-3(8)5(9)11-4/h2,11H,10H2,1H3,(H,12,13)/t7-/m1/s1. The maximum Gasteiger partial charge on any atom is 0.329 e. The van der Waals surface area contributed by atoms with E-state index in [2.05, 4.69) is 36.8 Å². The van der Waals surface area contributed by atoms with E-state index in [1.54, 1.807) is 6.07 Å². The van der Waals surface area contributed by atoms with Gasteiger partial charge in [-0.15, -0.1) is 0 Å². The molecule has 4 nitrogen and oxygen atoms in total. The lowest BCUT2D eigenvalue weighted by molar-refractivity contribution is -0.143. The van der Waals surface area contributed by atoms with E-state index in [-0.39, 0.29) is 0 Å². The molecule has 6 heteroatoms. The molecule has 1 aromatic rings. The number of carboxylic acids is 1. The van der Waals surface area contributed by atoms with Crippen molar-refractivity contribution in [2.24, 2.45) is 5.73 Å². The Bertz CT molecular complexity index is 327. The zero-order chi connectivity index (χ0) is 10.2. The van der Waals surface area contributed by atoms with Crippen LogP contribution < -0.4 is 5.73 Å². The number of aromatic nitrogens is 1. The smallest absolute Gasteiger partial charge is 0.329 e. The van der Waals surface area contributed by atoms with E-state index < -0.39 is 11.5 Å². The third kappa shape index (κ3) is 1.95. The lowest BCUT2D eigenvalue weighted by atomic mass is 10.0. The van der Waals surface area contributed by atoms with Crippen molar-refractivity contribution < 1.29 is 9.90 Å². The van der Waals surface area contributed by atoms with Gasteiger partial charge in [0.05, 0.1) is 9.08 Å². The summed E-state index contributed by atoms with van der Waals surface area (Å²) in [5, 5.41) is 8.82. The highest BCUT2D eigenvalue weighted by Gasteiger charge is 2.32. The predicted octanol–water partition coefficient (Wildman–Crippen LogP) is 1.80. The predicted molar refractivity (Wildman–Crippen MR) is 55.4 cm³/mol. The molecule has 0 fully saturated rings. The second kappa shape index (κ2) is 3.43. The Morgan fingerprint density at radius 2 is 2.23 bits per heavy atom. The molecule has 1 atom stereocenters. The highest BCUT2D eigenvalue weighted by atomic mass is 79.9. The SMILES string of the molecule is C[C@](N)(C(=O)O)c1cc(Br)c(Br)[nH]1. The normalized spacial score (nSPS) is 15.4. The number of aliphatic carboxylic acids is 1. The summed E-state index contributed by atoms with van der Waals surface area (Å²) in [4.78, 5) is 13.6. The van der Waals surface area contributed by atoms with E-state index in [4.69, 9.17) is 10.8 Å². The Labute approximate surface area is 91.8 Å². The number of hydrogen-bond acceptors (Lipinski definition) is 2. The molecular weight excluding hydrogens is 304 g/mol. The van der Waals surface area contributed by atoms with Gasteiger partial charge in [0.25, 0.3) is 0 Å². The van der Waals surface area contributed by atoms with Crippen LogP contribution in [0.5, 0.6) is 0 Å². The van der Waals surface area contributed by atoms with Crippen molar-refractivity contribution in [1.29, 1.82) is 0 Å². The molecule has 0 amide bonds. The first kappa shape index (κ1) is 10.7. The van der Waals surface area contributed by atoms with Gasteiger partial charge in [-0.3, -0.25) is 0 Å². The second-order valence-corrected chi connectivity index (χ2v) is 4.50. The fourth-order valence-electron chi connectivity index (χ4n) is 0.799. The van der Waals surface area contributed by atoms with E-state index in [0.717, 1.165) is 4.47 Å². The van der Waals surface area contributed by atoms with Gasteiger partial charge in [0.15, 0.2) is 5.54 Å². The number of H-pyrrole nitrogens is 1. The van der Waals surface area contributed by atoms with Crippen LogP contribution in [-0.4, -0.2) is 16.1 Å². The first-order valence-electron chi connectivity index (χ1n) is 3.42. The average molecular weight is 312 g/mol. The summed E-state index contributed by atoms with van der Waals surface area (Å²) >= 11 is 6.44. The molecule has 0 aromatic carbocycles. The molecule has 0 aliphatic rings. The number of nitrogens with one attached hydrogen (secondary N) is 1. The summed E-state index contributed by atoms with van der Waals surface area (Å²) in [6.07, 6.45) is 0. The lowest BCUT2D eigenvalue weighted by Crippen LogP contribution is -2.42. The van der Waals surface area contributed by atoms with Crippen LogP contribution in [0, 0.1) is 0 Å². The number of halogens is 2. The maximum atomic E-state index is 10.8. The van der Waals surface area contributed by atoms with Crippen molar-refractivity contribution in [2.75, 3.05) is 0 Å². The van der Waals surface area contributed by atoms with Crippen molar-refractivity contribution in [1.82, 2.24) is 4.98 Å². The van der Waals surface area contributed by atoms with Gasteiger partial charge in [-0.2, -0.15) is 0 Å². The van der Waals surface area contributed by atoms with Crippen LogP contribution in [0.4, 0.5) is 0 Å². The monoisotopic (exact) mass is 310 g/mol. The molecule has 13 heavy (non-hydrogen) atoms. The largest absolute Gasteiger partial charge is 0.480 e. The van der Waals surface area contributed by atoms with Crippen molar-refractivity contribution in [2.45, 2.75) is 12.5 Å². The van der Waals surface area contributed by atoms with Gasteiger partial charge in [-0.25, -0.2) is 4.79 Å². The fraction of sp³-hybridized carbons (Fsp3) is 0.286. The van der Waals surface area contributed by atoms with Crippen LogP contribution in [0.3, 0.4) is 0 Å². The first-order valence-corrected chi connectivity index (χ1v) is 5.01. The van der Waals surface area contributed by atoms with Crippen molar-refractivity contribution in [3.63, 3.8) is 0 Å². The van der Waals surface area contributed by atoms with E-state index in [1.807, 2.05) is 0 Å². The van der Waals surface area contributed by atoms with Gasteiger partial charge in [0.1, 0.15) is 0 Å². The number of carboxylic acid groups (broad SMARTS) is 1. The molecule has 0 unspecified atom stereocenters. The van der Waals surface area contributed by atoms with E-state index in [9.17, 15) is 4.79 Å². The fourth-order valence-corrected chi connectivity index (χ4v) is 1.46. The van der Waals surface area contributed by atoms with E-state index >= 15 is 0 Å². The molecule has 0 radical (unpaired) electrons. The van der Waals surface area contributed by atoms with Crippen LogP contribution in [0.25, 0.3) is 0 Å². The van der Waals surface area contributed by atoms with E-state index in [0.29, 0.717) is 10.3 Å². The van der Waals surface area contributed by atoms with Crippen LogP contribution in [-0.2, 0) is 10.3 Å². The highest BCUT2D eigenvalue weighted by molar-refractivity contribution is 9.13. The number of carbonyl (C=O) groups is 1. The van der Waals surface area contributed by atoms with Crippen molar-refractivity contribution in [3.05, 3.63) is 20.8 Å². The third-order valence-corrected chi connectivity index (χ3v) is 3.51. The summed E-state index contributed by atoms with van der Waals surface area (Å²) in [7, 11) is 0. The molecular formula is C7H8Br2N2O2. The van der Waals surface area contributed by atoms with Crippen LogP contribution in [0.1, 0.15) is 12.6 Å².